The summed E-state index contributed by atoms with van der Waals surface area (Å²) in [6.07, 6.45) is 0. The van der Waals surface area contributed by atoms with Crippen LogP contribution in [0.4, 0.5) is 0 Å². The second-order valence-corrected chi connectivity index (χ2v) is 18.4. The lowest BCUT2D eigenvalue weighted by Crippen LogP contribution is -2.03. The summed E-state index contributed by atoms with van der Waals surface area (Å²) in [7, 11) is 0. The molecule has 5 nitrogen and oxygen atoms in total. The van der Waals surface area contributed by atoms with Crippen LogP contribution in [-0.2, 0) is 0 Å². The van der Waals surface area contributed by atoms with Crippen molar-refractivity contribution < 1.29 is 0 Å². The Hall–Kier alpha value is -7.97. The Morgan fingerprint density at radius 1 is 0.328 bits per heavy atom. The lowest BCUT2D eigenvalue weighted by Gasteiger charge is -2.16. The van der Waals surface area contributed by atoms with Crippen LogP contribution < -0.4 is 0 Å². The molecule has 0 saturated heterocycles. The highest BCUT2D eigenvalue weighted by molar-refractivity contribution is 7.26. The minimum Gasteiger partial charge on any atom is -0.307 e. The normalized spacial score (nSPS) is 12.1. The van der Waals surface area contributed by atoms with Gasteiger partial charge in [0.25, 0.3) is 0 Å². The molecule has 0 N–H and O–H groups in total. The van der Waals surface area contributed by atoms with Gasteiger partial charge in [-0.3, -0.25) is 0 Å². The maximum atomic E-state index is 5.51. The van der Waals surface area contributed by atoms with Crippen LogP contribution in [0.25, 0.3) is 129 Å². The van der Waals surface area contributed by atoms with Gasteiger partial charge in [0.2, 0.25) is 0 Å². The van der Waals surface area contributed by atoms with Gasteiger partial charge in [0.1, 0.15) is 0 Å². The number of thiophene rings is 2. The zero-order valence-corrected chi connectivity index (χ0v) is 35.7. The summed E-state index contributed by atoms with van der Waals surface area (Å²) in [4.78, 5) is 16.4. The Morgan fingerprint density at radius 2 is 0.859 bits per heavy atom. The summed E-state index contributed by atoms with van der Waals surface area (Å²) in [6, 6.07) is 71.9. The summed E-state index contributed by atoms with van der Waals surface area (Å²) in [6.45, 7) is 0. The summed E-state index contributed by atoms with van der Waals surface area (Å²) < 4.78 is 9.78. The summed E-state index contributed by atoms with van der Waals surface area (Å²) >= 11 is 3.61. The average Bonchev–Trinajstić information content (AvgIpc) is 4.12. The second kappa shape index (κ2) is 13.8. The molecular weight excluding hydrogens is 819 g/mol. The first-order valence-corrected chi connectivity index (χ1v) is 23.1. The molecule has 5 heterocycles. The van der Waals surface area contributed by atoms with Gasteiger partial charge in [-0.25, -0.2) is 15.0 Å². The van der Waals surface area contributed by atoms with E-state index < -0.39 is 0 Å². The van der Waals surface area contributed by atoms with Crippen molar-refractivity contribution >= 4 is 107 Å². The first kappa shape index (κ1) is 35.6. The van der Waals surface area contributed by atoms with Gasteiger partial charge in [-0.15, -0.1) is 22.7 Å². The molecule has 0 unspecified atom stereocenters. The molecule has 0 fully saturated rings. The summed E-state index contributed by atoms with van der Waals surface area (Å²) in [5, 5.41) is 9.59. The Bertz CT molecular complexity index is 4210. The Kier molecular flexibility index (Phi) is 7.66. The highest BCUT2D eigenvalue weighted by Crippen LogP contribution is 2.44. The fourth-order valence-corrected chi connectivity index (χ4v) is 12.3. The van der Waals surface area contributed by atoms with Crippen LogP contribution in [0.15, 0.2) is 200 Å². The predicted octanol–water partition coefficient (Wildman–Crippen LogP) is 15.8. The molecule has 14 aromatic rings. The maximum absolute atomic E-state index is 5.51. The molecule has 7 heteroatoms. The summed E-state index contributed by atoms with van der Waals surface area (Å²) in [5.41, 5.74) is 9.53. The van der Waals surface area contributed by atoms with Crippen LogP contribution >= 0.6 is 22.7 Å². The van der Waals surface area contributed by atoms with Crippen molar-refractivity contribution in [3.05, 3.63) is 200 Å². The zero-order valence-electron chi connectivity index (χ0n) is 34.1. The van der Waals surface area contributed by atoms with E-state index in [0.717, 1.165) is 60.9 Å². The predicted molar refractivity (Wildman–Crippen MR) is 271 cm³/mol. The third kappa shape index (κ3) is 5.19. The van der Waals surface area contributed by atoms with Crippen molar-refractivity contribution in [2.45, 2.75) is 0 Å². The second-order valence-electron chi connectivity index (χ2n) is 16.3. The largest absolute Gasteiger partial charge is 0.307 e. The van der Waals surface area contributed by atoms with Gasteiger partial charge < -0.3 is 9.13 Å². The molecule has 0 spiro atoms. The van der Waals surface area contributed by atoms with Crippen molar-refractivity contribution in [2.75, 3.05) is 0 Å². The molecule has 0 atom stereocenters. The number of fused-ring (bicyclic) bond motifs is 12. The Labute approximate surface area is 374 Å². The van der Waals surface area contributed by atoms with Crippen molar-refractivity contribution in [3.63, 3.8) is 0 Å². The van der Waals surface area contributed by atoms with E-state index in [2.05, 4.69) is 209 Å². The number of hydrogen-bond donors (Lipinski definition) is 0. The molecule has 0 amide bonds. The molecule has 0 radical (unpaired) electrons. The van der Waals surface area contributed by atoms with E-state index in [1.165, 1.54) is 51.1 Å². The number of rotatable bonds is 5. The van der Waals surface area contributed by atoms with E-state index >= 15 is 0 Å². The van der Waals surface area contributed by atoms with Crippen molar-refractivity contribution in [2.24, 2.45) is 0 Å². The van der Waals surface area contributed by atoms with Gasteiger partial charge in [-0.05, 0) is 72.8 Å². The highest BCUT2D eigenvalue weighted by atomic mass is 32.1. The van der Waals surface area contributed by atoms with Gasteiger partial charge in [0, 0.05) is 84.3 Å². The molecule has 0 aliphatic rings. The molecular formula is C57H33N5S2. The van der Waals surface area contributed by atoms with Gasteiger partial charge >= 0.3 is 0 Å². The molecule has 298 valence electrons. The van der Waals surface area contributed by atoms with Gasteiger partial charge in [-0.2, -0.15) is 0 Å². The minimum atomic E-state index is 0.624. The van der Waals surface area contributed by atoms with E-state index in [-0.39, 0.29) is 0 Å². The van der Waals surface area contributed by atoms with Crippen molar-refractivity contribution in [1.29, 1.82) is 0 Å². The molecule has 9 aromatic carbocycles. The van der Waals surface area contributed by atoms with Crippen LogP contribution in [0.3, 0.4) is 0 Å². The van der Waals surface area contributed by atoms with Crippen molar-refractivity contribution in [3.8, 4) is 45.5 Å². The fraction of sp³-hybridized carbons (Fsp3) is 0. The topological polar surface area (TPSA) is 48.5 Å². The van der Waals surface area contributed by atoms with Gasteiger partial charge in [0.05, 0.1) is 27.8 Å². The quantitative estimate of drug-likeness (QED) is 0.173. The average molecular weight is 852 g/mol. The zero-order chi connectivity index (χ0) is 41.9. The van der Waals surface area contributed by atoms with Crippen LogP contribution in [0, 0.1) is 0 Å². The minimum absolute atomic E-state index is 0.624. The van der Waals surface area contributed by atoms with Crippen molar-refractivity contribution in [1.82, 2.24) is 24.1 Å². The first-order chi connectivity index (χ1) is 31.7. The third-order valence-electron chi connectivity index (χ3n) is 12.8. The monoisotopic (exact) mass is 851 g/mol. The van der Waals surface area contributed by atoms with Gasteiger partial charge in [0.15, 0.2) is 17.5 Å². The first-order valence-electron chi connectivity index (χ1n) is 21.4. The number of nitrogens with zero attached hydrogens (tertiary/aromatic N) is 5. The molecule has 0 aliphatic heterocycles. The third-order valence-corrected chi connectivity index (χ3v) is 15.2. The Balaban J connectivity index is 1.09. The van der Waals surface area contributed by atoms with E-state index in [1.54, 1.807) is 11.3 Å². The number of aromatic nitrogens is 5. The smallest absolute Gasteiger partial charge is 0.166 e. The molecule has 64 heavy (non-hydrogen) atoms. The van der Waals surface area contributed by atoms with Crippen LogP contribution in [0.2, 0.25) is 0 Å². The lowest BCUT2D eigenvalue weighted by molar-refractivity contribution is 1.07. The highest BCUT2D eigenvalue weighted by Gasteiger charge is 2.24. The van der Waals surface area contributed by atoms with E-state index in [1.807, 2.05) is 11.3 Å². The molecule has 0 saturated carbocycles. The molecule has 14 rings (SSSR count). The summed E-state index contributed by atoms with van der Waals surface area (Å²) in [5.74, 6) is 1.92. The van der Waals surface area contributed by atoms with Crippen LogP contribution in [-0.4, -0.2) is 24.1 Å². The van der Waals surface area contributed by atoms with E-state index in [4.69, 9.17) is 15.0 Å². The Morgan fingerprint density at radius 3 is 1.62 bits per heavy atom. The van der Waals surface area contributed by atoms with Crippen LogP contribution in [0.5, 0.6) is 0 Å². The number of para-hydroxylation sites is 5. The SMILES string of the molecule is c1ccc(-n2c3ccccc3c3cccc(-n4c5ccccc5c5cccc(-c6nc(-c7ccc8sc9ccccc9c8c7)nc(-c7cccc8c7sc7ccccc78)n6)c54)c32)cc1. The number of hydrogen-bond acceptors (Lipinski definition) is 5. The van der Waals surface area contributed by atoms with Crippen LogP contribution in [0.1, 0.15) is 0 Å². The maximum Gasteiger partial charge on any atom is 0.166 e. The molecule has 5 aromatic heterocycles. The standard InChI is InChI=1S/C57H33N5S2/c1-2-15-35(16-3-1)61-46-26-8-4-18-37(46)41-22-14-28-48(53(41)61)62-47-27-9-5-17-36(47)40-21-12-24-43(52(40)62)56-58-55(34-31-32-51-45(33-34)39-20-7-10-29-49(39)63-51)59-57(60-56)44-25-13-23-42-38-19-6-11-30-50(38)64-54(42)44/h1-33H. The molecule has 0 bridgehead atoms. The molecule has 0 aliphatic carbocycles. The fourth-order valence-electron chi connectivity index (χ4n) is 10.0. The number of benzene rings is 9. The van der Waals surface area contributed by atoms with Gasteiger partial charge in [-0.1, -0.05) is 127 Å². The van der Waals surface area contributed by atoms with E-state index in [0.29, 0.717) is 17.5 Å². The lowest BCUT2D eigenvalue weighted by atomic mass is 10.1. The van der Waals surface area contributed by atoms with E-state index in [9.17, 15) is 0 Å².